The molecule has 110 valence electrons. The molecule has 0 atom stereocenters. The van der Waals surface area contributed by atoms with E-state index in [0.29, 0.717) is 0 Å². The van der Waals surface area contributed by atoms with Crippen molar-refractivity contribution in [1.82, 2.24) is 4.98 Å². The zero-order valence-corrected chi connectivity index (χ0v) is 10.3. The molecule has 2 rings (SSSR count). The Bertz CT molecular complexity index is 659. The summed E-state index contributed by atoms with van der Waals surface area (Å²) >= 11 is 0. The van der Waals surface area contributed by atoms with Gasteiger partial charge in [-0.15, -0.1) is 13.2 Å². The van der Waals surface area contributed by atoms with Crippen LogP contribution in [0, 0.1) is 5.82 Å². The molecule has 0 saturated carbocycles. The van der Waals surface area contributed by atoms with E-state index in [-0.39, 0.29) is 11.3 Å². The number of anilines is 1. The standard InChI is InChI=1S/C13H8F4N2O2/c14-9-7-18-6-5-8(9)12(20)19-10-3-1-2-4-11(10)21-13(15,16)17/h1-7H,(H,19,20). The zero-order chi connectivity index (χ0) is 15.5. The van der Waals surface area contributed by atoms with Crippen LogP contribution in [0.25, 0.3) is 0 Å². The fourth-order valence-corrected chi connectivity index (χ4v) is 1.53. The largest absolute Gasteiger partial charge is 0.573 e. The summed E-state index contributed by atoms with van der Waals surface area (Å²) in [6, 6.07) is 6.06. The van der Waals surface area contributed by atoms with Gasteiger partial charge in [-0.25, -0.2) is 4.39 Å². The van der Waals surface area contributed by atoms with E-state index >= 15 is 0 Å². The Morgan fingerprint density at radius 3 is 2.57 bits per heavy atom. The van der Waals surface area contributed by atoms with Gasteiger partial charge in [0, 0.05) is 6.20 Å². The first kappa shape index (κ1) is 14.8. The van der Waals surface area contributed by atoms with E-state index in [1.165, 1.54) is 24.4 Å². The third-order valence-electron chi connectivity index (χ3n) is 2.38. The molecule has 1 N–H and O–H groups in total. The van der Waals surface area contributed by atoms with E-state index in [0.717, 1.165) is 18.3 Å². The third-order valence-corrected chi connectivity index (χ3v) is 2.38. The van der Waals surface area contributed by atoms with Gasteiger partial charge in [0.15, 0.2) is 11.6 Å². The number of amides is 1. The van der Waals surface area contributed by atoms with Gasteiger partial charge in [-0.1, -0.05) is 12.1 Å². The Kier molecular flexibility index (Phi) is 4.06. The average molecular weight is 300 g/mol. The van der Waals surface area contributed by atoms with Crippen LogP contribution in [-0.2, 0) is 0 Å². The first-order valence-corrected chi connectivity index (χ1v) is 5.62. The first-order chi connectivity index (χ1) is 9.87. The second kappa shape index (κ2) is 5.78. The lowest BCUT2D eigenvalue weighted by Crippen LogP contribution is -2.20. The average Bonchev–Trinajstić information content (AvgIpc) is 2.40. The summed E-state index contributed by atoms with van der Waals surface area (Å²) in [6.45, 7) is 0. The number of alkyl halides is 3. The van der Waals surface area contributed by atoms with Crippen LogP contribution >= 0.6 is 0 Å². The summed E-state index contributed by atoms with van der Waals surface area (Å²) in [5.41, 5.74) is -0.567. The number of hydrogen-bond donors (Lipinski definition) is 1. The summed E-state index contributed by atoms with van der Waals surface area (Å²) in [4.78, 5) is 15.3. The van der Waals surface area contributed by atoms with E-state index in [2.05, 4.69) is 15.0 Å². The van der Waals surface area contributed by atoms with Crippen molar-refractivity contribution in [3.05, 3.63) is 54.1 Å². The molecule has 0 aliphatic rings. The first-order valence-electron chi connectivity index (χ1n) is 5.62. The number of carbonyl (C=O) groups is 1. The smallest absolute Gasteiger partial charge is 0.404 e. The predicted molar refractivity (Wildman–Crippen MR) is 65.3 cm³/mol. The quantitative estimate of drug-likeness (QED) is 0.884. The number of pyridine rings is 1. The normalized spacial score (nSPS) is 11.0. The monoisotopic (exact) mass is 300 g/mol. The maximum Gasteiger partial charge on any atom is 0.573 e. The van der Waals surface area contributed by atoms with Crippen molar-refractivity contribution in [2.24, 2.45) is 0 Å². The highest BCUT2D eigenvalue weighted by Gasteiger charge is 2.32. The molecule has 8 heteroatoms. The Hall–Kier alpha value is -2.64. The minimum Gasteiger partial charge on any atom is -0.404 e. The van der Waals surface area contributed by atoms with Gasteiger partial charge in [-0.3, -0.25) is 9.78 Å². The van der Waals surface area contributed by atoms with Gasteiger partial charge < -0.3 is 10.1 Å². The Morgan fingerprint density at radius 2 is 1.90 bits per heavy atom. The Labute approximate surface area is 116 Å². The highest BCUT2D eigenvalue weighted by molar-refractivity contribution is 6.05. The lowest BCUT2D eigenvalue weighted by atomic mass is 10.2. The second-order valence-electron chi connectivity index (χ2n) is 3.85. The maximum atomic E-state index is 13.4. The van der Waals surface area contributed by atoms with Crippen LogP contribution in [0.15, 0.2) is 42.7 Å². The molecule has 0 aliphatic carbocycles. The van der Waals surface area contributed by atoms with Gasteiger partial charge in [0.1, 0.15) is 0 Å². The predicted octanol–water partition coefficient (Wildman–Crippen LogP) is 3.37. The lowest BCUT2D eigenvalue weighted by molar-refractivity contribution is -0.274. The molecule has 0 saturated heterocycles. The summed E-state index contributed by atoms with van der Waals surface area (Å²) in [6.07, 6.45) is -2.88. The summed E-state index contributed by atoms with van der Waals surface area (Å²) in [5.74, 6) is -2.38. The van der Waals surface area contributed by atoms with Crippen molar-refractivity contribution in [3.63, 3.8) is 0 Å². The number of rotatable bonds is 3. The Morgan fingerprint density at radius 1 is 1.19 bits per heavy atom. The van der Waals surface area contributed by atoms with Crippen LogP contribution in [0.3, 0.4) is 0 Å². The number of para-hydroxylation sites is 2. The molecular weight excluding hydrogens is 292 g/mol. The maximum absolute atomic E-state index is 13.4. The molecule has 0 bridgehead atoms. The number of benzene rings is 1. The van der Waals surface area contributed by atoms with Crippen LogP contribution in [0.4, 0.5) is 23.2 Å². The molecule has 4 nitrogen and oxygen atoms in total. The van der Waals surface area contributed by atoms with E-state index in [1.54, 1.807) is 0 Å². The van der Waals surface area contributed by atoms with E-state index in [9.17, 15) is 22.4 Å². The molecule has 2 aromatic rings. The molecule has 0 radical (unpaired) electrons. The van der Waals surface area contributed by atoms with Crippen molar-refractivity contribution in [2.75, 3.05) is 5.32 Å². The van der Waals surface area contributed by atoms with E-state index in [1.807, 2.05) is 0 Å². The second-order valence-corrected chi connectivity index (χ2v) is 3.85. The van der Waals surface area contributed by atoms with E-state index < -0.39 is 23.8 Å². The SMILES string of the molecule is O=C(Nc1ccccc1OC(F)(F)F)c1ccncc1F. The van der Waals surface area contributed by atoms with Crippen LogP contribution in [0.2, 0.25) is 0 Å². The molecule has 0 spiro atoms. The highest BCUT2D eigenvalue weighted by atomic mass is 19.4. The van der Waals surface area contributed by atoms with Crippen molar-refractivity contribution in [2.45, 2.75) is 6.36 Å². The molecule has 21 heavy (non-hydrogen) atoms. The molecular formula is C13H8F4N2O2. The van der Waals surface area contributed by atoms with Gasteiger partial charge >= 0.3 is 6.36 Å². The number of nitrogens with zero attached hydrogens (tertiary/aromatic N) is 1. The number of ether oxygens (including phenoxy) is 1. The van der Waals surface area contributed by atoms with Crippen LogP contribution in [0.1, 0.15) is 10.4 Å². The number of nitrogens with one attached hydrogen (secondary N) is 1. The summed E-state index contributed by atoms with van der Waals surface area (Å²) in [5, 5.41) is 2.16. The van der Waals surface area contributed by atoms with Crippen molar-refractivity contribution >= 4 is 11.6 Å². The van der Waals surface area contributed by atoms with Gasteiger partial charge in [-0.05, 0) is 18.2 Å². The van der Waals surface area contributed by atoms with Crippen molar-refractivity contribution in [1.29, 1.82) is 0 Å². The lowest BCUT2D eigenvalue weighted by Gasteiger charge is -2.13. The third kappa shape index (κ3) is 3.91. The van der Waals surface area contributed by atoms with Gasteiger partial charge in [0.05, 0.1) is 17.4 Å². The minimum atomic E-state index is -4.90. The number of hydrogen-bond acceptors (Lipinski definition) is 3. The van der Waals surface area contributed by atoms with Crippen LogP contribution in [0.5, 0.6) is 5.75 Å². The minimum absolute atomic E-state index is 0.226. The number of carbonyl (C=O) groups excluding carboxylic acids is 1. The fourth-order valence-electron chi connectivity index (χ4n) is 1.53. The summed E-state index contributed by atoms with van der Waals surface area (Å²) < 4.78 is 53.9. The topological polar surface area (TPSA) is 51.2 Å². The molecule has 0 unspecified atom stereocenters. The molecule has 1 aromatic heterocycles. The Balaban J connectivity index is 2.24. The van der Waals surface area contributed by atoms with E-state index in [4.69, 9.17) is 0 Å². The molecule has 1 aromatic carbocycles. The van der Waals surface area contributed by atoms with Crippen LogP contribution < -0.4 is 10.1 Å². The van der Waals surface area contributed by atoms with Crippen LogP contribution in [-0.4, -0.2) is 17.3 Å². The highest BCUT2D eigenvalue weighted by Crippen LogP contribution is 2.30. The number of halogens is 4. The number of aromatic nitrogens is 1. The fraction of sp³-hybridized carbons (Fsp3) is 0.0769. The zero-order valence-electron chi connectivity index (χ0n) is 10.3. The summed E-state index contributed by atoms with van der Waals surface area (Å²) in [7, 11) is 0. The molecule has 0 fully saturated rings. The van der Waals surface area contributed by atoms with Gasteiger partial charge in [0.2, 0.25) is 0 Å². The van der Waals surface area contributed by atoms with Crippen molar-refractivity contribution < 1.29 is 27.1 Å². The van der Waals surface area contributed by atoms with Crippen molar-refractivity contribution in [3.8, 4) is 5.75 Å². The molecule has 0 aliphatic heterocycles. The van der Waals surface area contributed by atoms with Gasteiger partial charge in [-0.2, -0.15) is 0 Å². The van der Waals surface area contributed by atoms with Gasteiger partial charge in [0.25, 0.3) is 5.91 Å². The molecule has 1 heterocycles. The molecule has 1 amide bonds.